The molecule has 0 aromatic rings. The lowest BCUT2D eigenvalue weighted by molar-refractivity contribution is -0.136. The van der Waals surface area contributed by atoms with E-state index < -0.39 is 0 Å². The maximum absolute atomic E-state index is 11.3. The van der Waals surface area contributed by atoms with Crippen LogP contribution in [0.1, 0.15) is 26.2 Å². The van der Waals surface area contributed by atoms with Crippen molar-refractivity contribution in [1.82, 2.24) is 0 Å². The van der Waals surface area contributed by atoms with Gasteiger partial charge >= 0.3 is 0 Å². The van der Waals surface area contributed by atoms with Gasteiger partial charge in [0.1, 0.15) is 0 Å². The van der Waals surface area contributed by atoms with Crippen LogP contribution in [0.3, 0.4) is 0 Å². The van der Waals surface area contributed by atoms with Crippen LogP contribution in [0.2, 0.25) is 0 Å². The molecule has 0 N–H and O–H groups in total. The maximum atomic E-state index is 11.3. The molecule has 0 aliphatic heterocycles. The Labute approximate surface area is 69.3 Å². The molecule has 1 nitrogen and oxygen atoms in total. The molecule has 0 radical (unpaired) electrons. The molecule has 0 spiro atoms. The summed E-state index contributed by atoms with van der Waals surface area (Å²) in [5.41, 5.74) is 0. The fourth-order valence-electron chi connectivity index (χ4n) is 2.37. The Bertz CT molecular complexity index is 186. The first-order valence-electron chi connectivity index (χ1n) is 3.87. The van der Waals surface area contributed by atoms with Gasteiger partial charge < -0.3 is 0 Å². The highest BCUT2D eigenvalue weighted by Gasteiger charge is 2.58. The van der Waals surface area contributed by atoms with E-state index in [1.807, 2.05) is 6.92 Å². The van der Waals surface area contributed by atoms with Crippen molar-refractivity contribution in [2.24, 2.45) is 11.8 Å². The van der Waals surface area contributed by atoms with Crippen LogP contribution >= 0.6 is 15.9 Å². The van der Waals surface area contributed by atoms with E-state index in [0.29, 0.717) is 17.6 Å². The molecule has 10 heavy (non-hydrogen) atoms. The lowest BCUT2D eigenvalue weighted by Crippen LogP contribution is -2.54. The zero-order valence-corrected chi connectivity index (χ0v) is 7.65. The number of alkyl halides is 1. The van der Waals surface area contributed by atoms with E-state index >= 15 is 0 Å². The molecule has 56 valence electrons. The third kappa shape index (κ3) is 0.609. The number of halogens is 1. The van der Waals surface area contributed by atoms with E-state index in [0.717, 1.165) is 6.42 Å². The molecule has 0 heterocycles. The summed E-state index contributed by atoms with van der Waals surface area (Å²) in [6.07, 6.45) is 3.64. The Kier molecular flexibility index (Phi) is 1.26. The molecule has 2 saturated carbocycles. The second-order valence-corrected chi connectivity index (χ2v) is 5.23. The van der Waals surface area contributed by atoms with Gasteiger partial charge in [0.15, 0.2) is 5.78 Å². The van der Waals surface area contributed by atoms with Crippen LogP contribution in [-0.2, 0) is 4.79 Å². The van der Waals surface area contributed by atoms with Crippen LogP contribution in [-0.4, -0.2) is 10.1 Å². The van der Waals surface area contributed by atoms with Crippen LogP contribution in [0.5, 0.6) is 0 Å². The molecule has 0 aromatic heterocycles. The zero-order chi connectivity index (χ0) is 7.35. The number of Topliss-reactive ketones (excluding diaryl/α,β-unsaturated/α-hetero) is 1. The molecule has 2 heteroatoms. The van der Waals surface area contributed by atoms with Crippen molar-refractivity contribution in [3.05, 3.63) is 0 Å². The van der Waals surface area contributed by atoms with Crippen LogP contribution in [0.25, 0.3) is 0 Å². The minimum Gasteiger partial charge on any atom is -0.298 e. The number of fused-ring (bicyclic) bond motifs is 1. The van der Waals surface area contributed by atoms with Crippen LogP contribution in [0.15, 0.2) is 0 Å². The van der Waals surface area contributed by atoms with E-state index in [4.69, 9.17) is 0 Å². The zero-order valence-electron chi connectivity index (χ0n) is 6.06. The molecule has 3 atom stereocenters. The van der Waals surface area contributed by atoms with E-state index in [9.17, 15) is 4.79 Å². The standard InChI is InChI=1S/C8H11BrO/c1-8(9)6-4-2-3-5(6)7(8)10/h5-6H,2-4H2,1H3/t5-,6+,8+/m1/s1. The van der Waals surface area contributed by atoms with Gasteiger partial charge in [-0.3, -0.25) is 4.79 Å². The number of ketones is 1. The van der Waals surface area contributed by atoms with Gasteiger partial charge in [-0.05, 0) is 25.7 Å². The molecule has 0 aromatic carbocycles. The van der Waals surface area contributed by atoms with Crippen molar-refractivity contribution in [3.8, 4) is 0 Å². The highest BCUT2D eigenvalue weighted by atomic mass is 79.9. The van der Waals surface area contributed by atoms with Crippen molar-refractivity contribution >= 4 is 21.7 Å². The molecule has 0 saturated heterocycles. The second kappa shape index (κ2) is 1.84. The molecule has 2 aliphatic rings. The highest BCUT2D eigenvalue weighted by Crippen LogP contribution is 2.54. The number of hydrogen-bond donors (Lipinski definition) is 0. The summed E-state index contributed by atoms with van der Waals surface area (Å²) in [7, 11) is 0. The van der Waals surface area contributed by atoms with E-state index in [-0.39, 0.29) is 4.32 Å². The number of rotatable bonds is 0. The quantitative estimate of drug-likeness (QED) is 0.551. The van der Waals surface area contributed by atoms with Crippen LogP contribution in [0, 0.1) is 11.8 Å². The largest absolute Gasteiger partial charge is 0.298 e. The van der Waals surface area contributed by atoms with E-state index in [1.54, 1.807) is 0 Å². The average molecular weight is 203 g/mol. The second-order valence-electron chi connectivity index (χ2n) is 3.58. The van der Waals surface area contributed by atoms with Gasteiger partial charge in [-0.15, -0.1) is 0 Å². The molecule has 0 bridgehead atoms. The minimum absolute atomic E-state index is 0.145. The third-order valence-electron chi connectivity index (χ3n) is 3.03. The Morgan fingerprint density at radius 2 is 2.30 bits per heavy atom. The summed E-state index contributed by atoms with van der Waals surface area (Å²) >= 11 is 3.49. The summed E-state index contributed by atoms with van der Waals surface area (Å²) in [6.45, 7) is 2.02. The fraction of sp³-hybridized carbons (Fsp3) is 0.875. The van der Waals surface area contributed by atoms with Crippen molar-refractivity contribution in [3.63, 3.8) is 0 Å². The Hall–Kier alpha value is 0.150. The van der Waals surface area contributed by atoms with Crippen molar-refractivity contribution in [2.45, 2.75) is 30.5 Å². The summed E-state index contributed by atoms with van der Waals surface area (Å²) in [4.78, 5) is 11.3. The first-order chi connectivity index (χ1) is 4.64. The predicted molar refractivity (Wildman–Crippen MR) is 43.2 cm³/mol. The SMILES string of the molecule is C[C@@]1(Br)C(=O)[C@@H]2CCC[C@@H]21. The lowest BCUT2D eigenvalue weighted by Gasteiger charge is -2.44. The first kappa shape index (κ1) is 6.84. The lowest BCUT2D eigenvalue weighted by atomic mass is 9.66. The van der Waals surface area contributed by atoms with Crippen molar-refractivity contribution in [2.75, 3.05) is 0 Å². The van der Waals surface area contributed by atoms with Gasteiger partial charge in [-0.25, -0.2) is 0 Å². The number of hydrogen-bond acceptors (Lipinski definition) is 1. The van der Waals surface area contributed by atoms with Crippen LogP contribution in [0.4, 0.5) is 0 Å². The molecular formula is C8H11BrO. The molecular weight excluding hydrogens is 192 g/mol. The van der Waals surface area contributed by atoms with E-state index in [1.165, 1.54) is 12.8 Å². The Balaban J connectivity index is 2.23. The minimum atomic E-state index is -0.145. The predicted octanol–water partition coefficient (Wildman–Crippen LogP) is 2.14. The van der Waals surface area contributed by atoms with Crippen LogP contribution < -0.4 is 0 Å². The maximum Gasteiger partial charge on any atom is 0.152 e. The van der Waals surface area contributed by atoms with Crippen molar-refractivity contribution in [1.29, 1.82) is 0 Å². The topological polar surface area (TPSA) is 17.1 Å². The van der Waals surface area contributed by atoms with Gasteiger partial charge in [0.25, 0.3) is 0 Å². The first-order valence-corrected chi connectivity index (χ1v) is 4.66. The molecule has 2 rings (SSSR count). The monoisotopic (exact) mass is 202 g/mol. The third-order valence-corrected chi connectivity index (χ3v) is 4.01. The smallest absolute Gasteiger partial charge is 0.152 e. The average Bonchev–Trinajstić information content (AvgIpc) is 2.31. The summed E-state index contributed by atoms with van der Waals surface area (Å²) in [5.74, 6) is 1.51. The van der Waals surface area contributed by atoms with Crippen molar-refractivity contribution < 1.29 is 4.79 Å². The van der Waals surface area contributed by atoms with Gasteiger partial charge in [-0.2, -0.15) is 0 Å². The molecule has 2 fully saturated rings. The Morgan fingerprint density at radius 3 is 2.90 bits per heavy atom. The summed E-state index contributed by atoms with van der Waals surface area (Å²) in [5, 5.41) is 0. The normalized spacial score (nSPS) is 52.4. The van der Waals surface area contributed by atoms with E-state index in [2.05, 4.69) is 15.9 Å². The molecule has 0 unspecified atom stereocenters. The van der Waals surface area contributed by atoms with Gasteiger partial charge in [0, 0.05) is 5.92 Å². The molecule has 2 aliphatic carbocycles. The fourth-order valence-corrected chi connectivity index (χ4v) is 3.21. The Morgan fingerprint density at radius 1 is 1.60 bits per heavy atom. The number of carbonyl (C=O) groups is 1. The number of carbonyl (C=O) groups excluding carboxylic acids is 1. The summed E-state index contributed by atoms with van der Waals surface area (Å²) in [6, 6.07) is 0. The van der Waals surface area contributed by atoms with Gasteiger partial charge in [0.2, 0.25) is 0 Å². The molecule has 0 amide bonds. The summed E-state index contributed by atoms with van der Waals surface area (Å²) < 4.78 is -0.145. The van der Waals surface area contributed by atoms with Gasteiger partial charge in [0.05, 0.1) is 4.32 Å². The highest BCUT2D eigenvalue weighted by molar-refractivity contribution is 9.10. The van der Waals surface area contributed by atoms with Gasteiger partial charge in [-0.1, -0.05) is 22.4 Å².